The van der Waals surface area contributed by atoms with Crippen molar-refractivity contribution in [3.05, 3.63) is 0 Å². The van der Waals surface area contributed by atoms with Crippen LogP contribution in [0.5, 0.6) is 0 Å². The normalized spacial score (nSPS) is 22.8. The number of likely N-dealkylation sites (N-methyl/N-ethyl adjacent to an activating group) is 1. The first-order valence-electron chi connectivity index (χ1n) is 6.95. The Morgan fingerprint density at radius 3 is 2.33 bits per heavy atom. The van der Waals surface area contributed by atoms with Gasteiger partial charge in [-0.2, -0.15) is 0 Å². The van der Waals surface area contributed by atoms with Crippen molar-refractivity contribution in [1.82, 2.24) is 15.1 Å². The topological polar surface area (TPSA) is 35.6 Å². The minimum absolute atomic E-state index is 0.0403. The van der Waals surface area contributed by atoms with Crippen LogP contribution in [0.1, 0.15) is 32.1 Å². The summed E-state index contributed by atoms with van der Waals surface area (Å²) < 4.78 is 0. The van der Waals surface area contributed by atoms with Gasteiger partial charge in [-0.15, -0.1) is 0 Å². The van der Waals surface area contributed by atoms with Gasteiger partial charge in [0.25, 0.3) is 5.91 Å². The van der Waals surface area contributed by atoms with Crippen LogP contribution in [-0.2, 0) is 4.79 Å². The van der Waals surface area contributed by atoms with Gasteiger partial charge in [0.15, 0.2) is 4.99 Å². The minimum atomic E-state index is -0.0403. The quantitative estimate of drug-likeness (QED) is 0.721. The summed E-state index contributed by atoms with van der Waals surface area (Å²) in [5.41, 5.74) is 0. The Hall–Kier alpha value is -0.680. The highest BCUT2D eigenvalue weighted by Crippen LogP contribution is 2.17. The van der Waals surface area contributed by atoms with E-state index in [1.807, 2.05) is 4.90 Å². The molecule has 1 aliphatic heterocycles. The maximum atomic E-state index is 12.1. The summed E-state index contributed by atoms with van der Waals surface area (Å²) in [6.07, 6.45) is 5.97. The van der Waals surface area contributed by atoms with Gasteiger partial charge in [-0.25, -0.2) is 0 Å². The zero-order chi connectivity index (χ0) is 13.0. The van der Waals surface area contributed by atoms with E-state index in [9.17, 15) is 4.79 Å². The molecule has 102 valence electrons. The lowest BCUT2D eigenvalue weighted by Crippen LogP contribution is -2.52. The van der Waals surface area contributed by atoms with Crippen molar-refractivity contribution in [2.45, 2.75) is 38.1 Å². The first-order chi connectivity index (χ1) is 8.66. The monoisotopic (exact) mass is 269 g/mol. The molecule has 2 aliphatic rings. The minimum Gasteiger partial charge on any atom is -0.356 e. The molecule has 1 saturated heterocycles. The summed E-state index contributed by atoms with van der Waals surface area (Å²) >= 11 is 5.30. The predicted octanol–water partition coefficient (Wildman–Crippen LogP) is 1.01. The highest BCUT2D eigenvalue weighted by molar-refractivity contribution is 7.82. The van der Waals surface area contributed by atoms with Crippen LogP contribution in [0, 0.1) is 0 Å². The first-order valence-corrected chi connectivity index (χ1v) is 7.36. The lowest BCUT2D eigenvalue weighted by molar-refractivity contribution is -0.116. The first kappa shape index (κ1) is 13.7. The number of hydrogen-bond donors (Lipinski definition) is 1. The third kappa shape index (κ3) is 3.65. The molecule has 1 amide bonds. The molecule has 0 atom stereocenters. The molecule has 0 aromatic rings. The summed E-state index contributed by atoms with van der Waals surface area (Å²) in [5, 5.41) is 3.09. The van der Waals surface area contributed by atoms with E-state index in [2.05, 4.69) is 17.3 Å². The molecule has 1 aliphatic carbocycles. The summed E-state index contributed by atoms with van der Waals surface area (Å²) in [4.78, 5) is 16.9. The zero-order valence-corrected chi connectivity index (χ0v) is 12.0. The van der Waals surface area contributed by atoms with Crippen LogP contribution in [0.2, 0.25) is 0 Å². The number of carbonyl (C=O) groups excluding carboxylic acids is 1. The molecule has 5 heteroatoms. The van der Waals surface area contributed by atoms with Gasteiger partial charge in [0.1, 0.15) is 0 Å². The van der Waals surface area contributed by atoms with Gasteiger partial charge in [0.05, 0.1) is 0 Å². The van der Waals surface area contributed by atoms with E-state index in [1.165, 1.54) is 19.3 Å². The van der Waals surface area contributed by atoms with E-state index in [0.717, 1.165) is 39.0 Å². The fraction of sp³-hybridized carbons (Fsp3) is 0.846. The van der Waals surface area contributed by atoms with Crippen LogP contribution >= 0.6 is 12.2 Å². The van der Waals surface area contributed by atoms with Crippen molar-refractivity contribution < 1.29 is 4.79 Å². The largest absolute Gasteiger partial charge is 0.356 e. The van der Waals surface area contributed by atoms with Gasteiger partial charge >= 0.3 is 0 Å². The Labute approximate surface area is 115 Å². The Bertz CT molecular complexity index is 307. The van der Waals surface area contributed by atoms with Crippen molar-refractivity contribution >= 4 is 23.1 Å². The SMILES string of the molecule is CN1CCN(C(=S)C(=O)NC2CCCCC2)CC1. The van der Waals surface area contributed by atoms with Crippen LogP contribution in [0.3, 0.4) is 0 Å². The Kier molecular flexibility index (Phi) is 4.95. The second kappa shape index (κ2) is 6.48. The van der Waals surface area contributed by atoms with Crippen LogP contribution in [-0.4, -0.2) is 60.0 Å². The molecule has 2 rings (SSSR count). The van der Waals surface area contributed by atoms with E-state index < -0.39 is 0 Å². The Morgan fingerprint density at radius 2 is 1.72 bits per heavy atom. The maximum absolute atomic E-state index is 12.1. The third-order valence-corrected chi connectivity index (χ3v) is 4.37. The van der Waals surface area contributed by atoms with Gasteiger partial charge in [0, 0.05) is 32.2 Å². The average Bonchev–Trinajstić information content (AvgIpc) is 2.40. The summed E-state index contributed by atoms with van der Waals surface area (Å²) in [7, 11) is 2.10. The zero-order valence-electron chi connectivity index (χ0n) is 11.2. The molecule has 1 N–H and O–H groups in total. The van der Waals surface area contributed by atoms with E-state index >= 15 is 0 Å². The number of nitrogens with one attached hydrogen (secondary N) is 1. The number of piperazine rings is 1. The number of amides is 1. The van der Waals surface area contributed by atoms with Gasteiger partial charge < -0.3 is 15.1 Å². The number of nitrogens with zero attached hydrogens (tertiary/aromatic N) is 2. The lowest BCUT2D eigenvalue weighted by atomic mass is 9.95. The fourth-order valence-corrected chi connectivity index (χ4v) is 2.89. The molecule has 4 nitrogen and oxygen atoms in total. The second-order valence-electron chi connectivity index (χ2n) is 5.40. The molecule has 2 fully saturated rings. The number of rotatable bonds is 1. The highest BCUT2D eigenvalue weighted by Gasteiger charge is 2.23. The molecule has 0 spiro atoms. The molecule has 1 heterocycles. The van der Waals surface area contributed by atoms with Crippen molar-refractivity contribution in [3.8, 4) is 0 Å². The molecule has 0 aromatic carbocycles. The van der Waals surface area contributed by atoms with Crippen LogP contribution in [0.25, 0.3) is 0 Å². The molecule has 1 saturated carbocycles. The van der Waals surface area contributed by atoms with Crippen LogP contribution in [0.4, 0.5) is 0 Å². The maximum Gasteiger partial charge on any atom is 0.279 e. The summed E-state index contributed by atoms with van der Waals surface area (Å²) in [6, 6.07) is 0.344. The number of thiocarbonyl (C=S) groups is 1. The van der Waals surface area contributed by atoms with Crippen molar-refractivity contribution in [2.75, 3.05) is 33.2 Å². The van der Waals surface area contributed by atoms with Crippen molar-refractivity contribution in [3.63, 3.8) is 0 Å². The standard InChI is InChI=1S/C13H23N3OS/c1-15-7-9-16(10-8-15)13(18)12(17)14-11-5-3-2-4-6-11/h11H,2-10H2,1H3,(H,14,17). The molecule has 0 aromatic heterocycles. The molecule has 18 heavy (non-hydrogen) atoms. The molecular weight excluding hydrogens is 246 g/mol. The van der Waals surface area contributed by atoms with E-state index in [1.54, 1.807) is 0 Å². The van der Waals surface area contributed by atoms with Crippen LogP contribution in [0.15, 0.2) is 0 Å². The molecular formula is C13H23N3OS. The van der Waals surface area contributed by atoms with Crippen molar-refractivity contribution in [1.29, 1.82) is 0 Å². The Morgan fingerprint density at radius 1 is 1.11 bits per heavy atom. The summed E-state index contributed by atoms with van der Waals surface area (Å²) in [6.45, 7) is 3.70. The molecule has 0 unspecified atom stereocenters. The van der Waals surface area contributed by atoms with Crippen LogP contribution < -0.4 is 5.32 Å². The Balaban J connectivity index is 1.79. The molecule has 0 radical (unpaired) electrons. The predicted molar refractivity (Wildman–Crippen MR) is 76.7 cm³/mol. The summed E-state index contributed by atoms with van der Waals surface area (Å²) in [5.74, 6) is -0.0403. The third-order valence-electron chi connectivity index (χ3n) is 3.93. The number of carbonyl (C=O) groups is 1. The van der Waals surface area contributed by atoms with Gasteiger partial charge in [0.2, 0.25) is 0 Å². The van der Waals surface area contributed by atoms with E-state index in [-0.39, 0.29) is 5.91 Å². The van der Waals surface area contributed by atoms with Crippen molar-refractivity contribution in [2.24, 2.45) is 0 Å². The lowest BCUT2D eigenvalue weighted by Gasteiger charge is -2.34. The highest BCUT2D eigenvalue weighted by atomic mass is 32.1. The van der Waals surface area contributed by atoms with E-state index in [0.29, 0.717) is 11.0 Å². The average molecular weight is 269 g/mol. The van der Waals surface area contributed by atoms with E-state index in [4.69, 9.17) is 12.2 Å². The molecule has 0 bridgehead atoms. The number of hydrogen-bond acceptors (Lipinski definition) is 3. The smallest absolute Gasteiger partial charge is 0.279 e. The van der Waals surface area contributed by atoms with Gasteiger partial charge in [-0.1, -0.05) is 31.5 Å². The second-order valence-corrected chi connectivity index (χ2v) is 5.79. The van der Waals surface area contributed by atoms with Gasteiger partial charge in [-0.3, -0.25) is 4.79 Å². The van der Waals surface area contributed by atoms with Gasteiger partial charge in [-0.05, 0) is 19.9 Å². The fourth-order valence-electron chi connectivity index (χ4n) is 2.65.